The summed E-state index contributed by atoms with van der Waals surface area (Å²) >= 11 is 0.0972. The fraction of sp³-hybridized carbons (Fsp3) is 1.00. The third-order valence-corrected chi connectivity index (χ3v) is 3.67. The summed E-state index contributed by atoms with van der Waals surface area (Å²) in [5.74, 6) is 0. The molecule has 0 unspecified atom stereocenters. The molecule has 0 atom stereocenters. The van der Waals surface area contributed by atoms with Crippen LogP contribution < -0.4 is 0 Å². The van der Waals surface area contributed by atoms with E-state index in [-0.39, 0.29) is 40.2 Å². The van der Waals surface area contributed by atoms with Gasteiger partial charge in [-0.15, -0.1) is 24.8 Å². The smallest absolute Gasteiger partial charge is 0.147 e. The molecule has 0 heterocycles. The van der Waals surface area contributed by atoms with E-state index >= 15 is 0 Å². The van der Waals surface area contributed by atoms with Crippen LogP contribution in [-0.2, 0) is 0 Å². The van der Waals surface area contributed by atoms with Gasteiger partial charge in [-0.05, 0) is 0 Å². The molecule has 0 aromatic rings. The molecule has 0 spiro atoms. The molecular weight excluding hydrogens is 192 g/mol. The third-order valence-electron chi connectivity index (χ3n) is 0.707. The van der Waals surface area contributed by atoms with Crippen molar-refractivity contribution >= 4 is 40.2 Å². The standard InChI is InChI=1S/C4H12Ge.2ClH/c1-3-5-4-2;;/h3-5H2,1-2H3;2*1H. The van der Waals surface area contributed by atoms with Crippen molar-refractivity contribution in [1.29, 1.82) is 0 Å². The molecule has 0 aliphatic carbocycles. The predicted octanol–water partition coefficient (Wildman–Crippen LogP) is 1.88. The molecule has 0 bridgehead atoms. The van der Waals surface area contributed by atoms with Crippen LogP contribution in [-0.4, -0.2) is 15.4 Å². The summed E-state index contributed by atoms with van der Waals surface area (Å²) in [6.07, 6.45) is 0. The first kappa shape index (κ1) is 15.7. The zero-order valence-corrected chi connectivity index (χ0v) is 9.54. The van der Waals surface area contributed by atoms with E-state index in [4.69, 9.17) is 0 Å². The van der Waals surface area contributed by atoms with E-state index in [0.29, 0.717) is 0 Å². The third kappa shape index (κ3) is 19.2. The molecule has 0 aromatic carbocycles. The molecule has 0 saturated heterocycles. The largest absolute Gasteiger partial charge is 0.147 e. The van der Waals surface area contributed by atoms with Crippen LogP contribution in [0.3, 0.4) is 0 Å². The van der Waals surface area contributed by atoms with Crippen LogP contribution in [0.2, 0.25) is 10.5 Å². The summed E-state index contributed by atoms with van der Waals surface area (Å²) in [7, 11) is 0. The van der Waals surface area contributed by atoms with Gasteiger partial charge in [-0.2, -0.15) is 0 Å². The Labute approximate surface area is 64.7 Å². The van der Waals surface area contributed by atoms with E-state index in [1.54, 1.807) is 0 Å². The Morgan fingerprint density at radius 3 is 1.29 bits per heavy atom. The Hall–Kier alpha value is 1.12. The van der Waals surface area contributed by atoms with E-state index in [2.05, 4.69) is 13.8 Å². The van der Waals surface area contributed by atoms with Crippen molar-refractivity contribution in [3.05, 3.63) is 0 Å². The van der Waals surface area contributed by atoms with Crippen molar-refractivity contribution in [2.75, 3.05) is 0 Å². The van der Waals surface area contributed by atoms with E-state index in [9.17, 15) is 0 Å². The molecule has 0 aliphatic heterocycles. The summed E-state index contributed by atoms with van der Waals surface area (Å²) in [5.41, 5.74) is 0. The molecule has 7 heavy (non-hydrogen) atoms. The van der Waals surface area contributed by atoms with Crippen molar-refractivity contribution in [2.24, 2.45) is 0 Å². The number of hydrogen-bond donors (Lipinski definition) is 0. The summed E-state index contributed by atoms with van der Waals surface area (Å²) in [6.45, 7) is 4.59. The molecule has 0 radical (unpaired) electrons. The van der Waals surface area contributed by atoms with Gasteiger partial charge in [0.2, 0.25) is 0 Å². The van der Waals surface area contributed by atoms with Crippen LogP contribution in [0, 0.1) is 0 Å². The van der Waals surface area contributed by atoms with Gasteiger partial charge in [0.05, 0.1) is 0 Å². The van der Waals surface area contributed by atoms with Gasteiger partial charge in [0.15, 0.2) is 0 Å². The van der Waals surface area contributed by atoms with Crippen molar-refractivity contribution in [3.8, 4) is 0 Å². The monoisotopic (exact) mass is 206 g/mol. The maximum absolute atomic E-state index is 2.30. The molecule has 48 valence electrons. The molecule has 0 fully saturated rings. The van der Waals surface area contributed by atoms with Gasteiger partial charge in [-0.3, -0.25) is 0 Å². The quantitative estimate of drug-likeness (QED) is 0.604. The van der Waals surface area contributed by atoms with Gasteiger partial charge in [0.25, 0.3) is 0 Å². The maximum atomic E-state index is 2.30. The van der Waals surface area contributed by atoms with Gasteiger partial charge < -0.3 is 0 Å². The Kier molecular flexibility index (Phi) is 35.2. The van der Waals surface area contributed by atoms with Crippen LogP contribution in [0.5, 0.6) is 0 Å². The maximum Gasteiger partial charge on any atom is -0.147 e. The molecule has 3 heteroatoms. The first-order chi connectivity index (χ1) is 2.41. The summed E-state index contributed by atoms with van der Waals surface area (Å²) in [4.78, 5) is 0. The molecule has 0 amide bonds. The zero-order chi connectivity index (χ0) is 4.12. The molecule has 0 aromatic heterocycles. The Morgan fingerprint density at radius 1 is 1.00 bits per heavy atom. The van der Waals surface area contributed by atoms with Crippen molar-refractivity contribution in [2.45, 2.75) is 24.4 Å². The SMILES string of the molecule is C[CH2][GeH2][CH2]C.Cl.Cl. The van der Waals surface area contributed by atoms with Crippen molar-refractivity contribution < 1.29 is 0 Å². The molecular formula is C4H14Cl2Ge. The molecule has 0 aliphatic rings. The Bertz CT molecular complexity index is 17.2. The van der Waals surface area contributed by atoms with Crippen LogP contribution in [0.1, 0.15) is 13.8 Å². The average molecular weight is 206 g/mol. The van der Waals surface area contributed by atoms with Gasteiger partial charge in [0, 0.05) is 0 Å². The Balaban J connectivity index is -0.0000000800. The minimum atomic E-state index is 0. The second-order valence-corrected chi connectivity index (χ2v) is 7.03. The first-order valence-corrected chi connectivity index (χ1v) is 6.61. The summed E-state index contributed by atoms with van der Waals surface area (Å²) in [6, 6.07) is 0. The normalized spacial score (nSPS) is 6.00. The predicted molar refractivity (Wildman–Crippen MR) is 44.0 cm³/mol. The number of halogens is 2. The molecule has 0 N–H and O–H groups in total. The average Bonchev–Trinajstić information content (AvgIpc) is 1.41. The van der Waals surface area contributed by atoms with Gasteiger partial charge in [-0.25, -0.2) is 0 Å². The van der Waals surface area contributed by atoms with Gasteiger partial charge >= 0.3 is 39.8 Å². The molecule has 0 saturated carbocycles. The minimum absolute atomic E-state index is 0. The van der Waals surface area contributed by atoms with Gasteiger partial charge in [0.1, 0.15) is 0 Å². The van der Waals surface area contributed by atoms with Crippen molar-refractivity contribution in [3.63, 3.8) is 0 Å². The summed E-state index contributed by atoms with van der Waals surface area (Å²) in [5, 5.41) is 3.06. The van der Waals surface area contributed by atoms with Crippen molar-refractivity contribution in [1.82, 2.24) is 0 Å². The summed E-state index contributed by atoms with van der Waals surface area (Å²) < 4.78 is 0. The minimum Gasteiger partial charge on any atom is -0.147 e. The van der Waals surface area contributed by atoms with Gasteiger partial charge in [-0.1, -0.05) is 0 Å². The molecule has 0 rings (SSSR count). The number of hydrogen-bond acceptors (Lipinski definition) is 0. The topological polar surface area (TPSA) is 0 Å². The van der Waals surface area contributed by atoms with Crippen LogP contribution in [0.4, 0.5) is 0 Å². The van der Waals surface area contributed by atoms with E-state index in [1.807, 2.05) is 0 Å². The van der Waals surface area contributed by atoms with Crippen LogP contribution >= 0.6 is 24.8 Å². The van der Waals surface area contributed by atoms with Crippen LogP contribution in [0.25, 0.3) is 0 Å². The fourth-order valence-corrected chi connectivity index (χ4v) is 1.84. The first-order valence-electron chi connectivity index (χ1n) is 2.41. The fourth-order valence-electron chi connectivity index (χ4n) is 0.354. The molecule has 0 nitrogen and oxygen atoms in total. The van der Waals surface area contributed by atoms with E-state index in [0.717, 1.165) is 0 Å². The van der Waals surface area contributed by atoms with E-state index in [1.165, 1.54) is 10.5 Å². The number of rotatable bonds is 2. The Morgan fingerprint density at radius 2 is 1.29 bits per heavy atom. The van der Waals surface area contributed by atoms with Crippen LogP contribution in [0.15, 0.2) is 0 Å². The van der Waals surface area contributed by atoms with E-state index < -0.39 is 0 Å². The second-order valence-electron chi connectivity index (χ2n) is 1.35. The zero-order valence-electron chi connectivity index (χ0n) is 4.94. The second kappa shape index (κ2) is 15.7.